The fourth-order valence-electron chi connectivity index (χ4n) is 4.95. The fraction of sp³-hybridized carbons (Fsp3) is 0.385. The predicted molar refractivity (Wildman–Crippen MR) is 127 cm³/mol. The van der Waals surface area contributed by atoms with Crippen molar-refractivity contribution in [2.45, 2.75) is 52.0 Å². The van der Waals surface area contributed by atoms with Gasteiger partial charge in [0, 0.05) is 30.7 Å². The van der Waals surface area contributed by atoms with Crippen LogP contribution in [-0.2, 0) is 11.2 Å². The lowest BCUT2D eigenvalue weighted by molar-refractivity contribution is 0.0696. The summed E-state index contributed by atoms with van der Waals surface area (Å²) < 4.78 is 27.4. The Morgan fingerprint density at radius 2 is 1.94 bits per heavy atom. The molecule has 7 heteroatoms. The molecule has 0 N–H and O–H groups in total. The summed E-state index contributed by atoms with van der Waals surface area (Å²) in [6.45, 7) is 7.53. The number of ether oxygens (including phenoxy) is 1. The standard InChI is InChI=1S/C26H27ClFN3O2/c1-15(12-18-4-6-21(27)22(28)13-18)26-29-23-14-19(25-16(2)30-33-17(25)3)5-7-24(23)31(26)20-8-10-32-11-9-20/h4-7,13-15,20H,8-12H2,1-3H3/t15-/m0/s1. The molecule has 0 radical (unpaired) electrons. The van der Waals surface area contributed by atoms with Crippen LogP contribution in [0.5, 0.6) is 0 Å². The number of fused-ring (bicyclic) bond motifs is 1. The van der Waals surface area contributed by atoms with Gasteiger partial charge in [0.2, 0.25) is 0 Å². The van der Waals surface area contributed by atoms with Gasteiger partial charge in [-0.2, -0.15) is 0 Å². The molecule has 1 atom stereocenters. The molecule has 1 saturated heterocycles. The molecule has 1 aliphatic rings. The second-order valence-electron chi connectivity index (χ2n) is 8.94. The maximum atomic E-state index is 14.0. The molecule has 3 heterocycles. The third kappa shape index (κ3) is 4.18. The Morgan fingerprint density at radius 3 is 2.64 bits per heavy atom. The van der Waals surface area contributed by atoms with E-state index in [1.165, 1.54) is 6.07 Å². The molecule has 4 aromatic rings. The number of rotatable bonds is 5. The zero-order chi connectivity index (χ0) is 23.1. The van der Waals surface area contributed by atoms with E-state index in [2.05, 4.69) is 34.8 Å². The molecule has 0 amide bonds. The van der Waals surface area contributed by atoms with Crippen molar-refractivity contribution in [2.75, 3.05) is 13.2 Å². The van der Waals surface area contributed by atoms with Gasteiger partial charge in [0.05, 0.1) is 21.7 Å². The monoisotopic (exact) mass is 467 g/mol. The van der Waals surface area contributed by atoms with Crippen LogP contribution in [0.4, 0.5) is 4.39 Å². The van der Waals surface area contributed by atoms with E-state index in [0.717, 1.165) is 71.1 Å². The summed E-state index contributed by atoms with van der Waals surface area (Å²) in [4.78, 5) is 5.11. The third-order valence-electron chi connectivity index (χ3n) is 6.56. The van der Waals surface area contributed by atoms with E-state index in [-0.39, 0.29) is 16.8 Å². The molecular formula is C26H27ClFN3O2. The molecule has 1 fully saturated rings. The molecule has 0 bridgehead atoms. The Kier molecular flexibility index (Phi) is 5.97. The number of aryl methyl sites for hydroxylation is 2. The maximum Gasteiger partial charge on any atom is 0.142 e. The van der Waals surface area contributed by atoms with Gasteiger partial charge >= 0.3 is 0 Å². The van der Waals surface area contributed by atoms with Gasteiger partial charge in [-0.3, -0.25) is 0 Å². The van der Waals surface area contributed by atoms with Crippen LogP contribution in [0, 0.1) is 19.7 Å². The van der Waals surface area contributed by atoms with Crippen molar-refractivity contribution >= 4 is 22.6 Å². The number of hydrogen-bond donors (Lipinski definition) is 0. The van der Waals surface area contributed by atoms with Crippen molar-refractivity contribution in [1.82, 2.24) is 14.7 Å². The van der Waals surface area contributed by atoms with Crippen LogP contribution < -0.4 is 0 Å². The van der Waals surface area contributed by atoms with Crippen molar-refractivity contribution in [3.63, 3.8) is 0 Å². The molecular weight excluding hydrogens is 441 g/mol. The zero-order valence-corrected chi connectivity index (χ0v) is 19.8. The van der Waals surface area contributed by atoms with E-state index < -0.39 is 0 Å². The quantitative estimate of drug-likeness (QED) is 0.324. The van der Waals surface area contributed by atoms with E-state index in [9.17, 15) is 4.39 Å². The highest BCUT2D eigenvalue weighted by Crippen LogP contribution is 2.35. The van der Waals surface area contributed by atoms with Gasteiger partial charge in [-0.05, 0) is 68.5 Å². The first-order valence-electron chi connectivity index (χ1n) is 11.4. The number of aromatic nitrogens is 3. The topological polar surface area (TPSA) is 53.1 Å². The molecule has 0 aliphatic carbocycles. The number of hydrogen-bond acceptors (Lipinski definition) is 4. The van der Waals surface area contributed by atoms with Gasteiger partial charge < -0.3 is 13.8 Å². The summed E-state index contributed by atoms with van der Waals surface area (Å²) >= 11 is 5.88. The average Bonchev–Trinajstić information content (AvgIpc) is 3.36. The van der Waals surface area contributed by atoms with Gasteiger partial charge in [-0.25, -0.2) is 9.37 Å². The second-order valence-corrected chi connectivity index (χ2v) is 9.35. The van der Waals surface area contributed by atoms with Gasteiger partial charge in [0.15, 0.2) is 0 Å². The van der Waals surface area contributed by atoms with E-state index in [4.69, 9.17) is 25.8 Å². The Labute approximate surface area is 197 Å². The van der Waals surface area contributed by atoms with Crippen LogP contribution in [0.15, 0.2) is 40.9 Å². The van der Waals surface area contributed by atoms with E-state index in [1.807, 2.05) is 19.9 Å². The average molecular weight is 468 g/mol. The molecule has 2 aromatic heterocycles. The van der Waals surface area contributed by atoms with E-state index >= 15 is 0 Å². The minimum absolute atomic E-state index is 0.100. The molecule has 5 rings (SSSR count). The van der Waals surface area contributed by atoms with Crippen molar-refractivity contribution in [3.05, 3.63) is 70.1 Å². The van der Waals surface area contributed by atoms with Crippen molar-refractivity contribution < 1.29 is 13.7 Å². The molecule has 0 unspecified atom stereocenters. The number of benzene rings is 2. The summed E-state index contributed by atoms with van der Waals surface area (Å²) in [5, 5.41) is 4.25. The number of imidazole rings is 1. The lowest BCUT2D eigenvalue weighted by Crippen LogP contribution is -2.22. The van der Waals surface area contributed by atoms with Crippen LogP contribution in [0.2, 0.25) is 5.02 Å². The van der Waals surface area contributed by atoms with E-state index in [1.54, 1.807) is 6.07 Å². The SMILES string of the molecule is Cc1noc(C)c1-c1ccc2c(c1)nc([C@@H](C)Cc1ccc(Cl)c(F)c1)n2C1CCOCC1. The molecule has 1 aliphatic heterocycles. The first-order valence-corrected chi connectivity index (χ1v) is 11.8. The lowest BCUT2D eigenvalue weighted by Gasteiger charge is -2.27. The van der Waals surface area contributed by atoms with Crippen LogP contribution in [0.25, 0.3) is 22.2 Å². The van der Waals surface area contributed by atoms with Crippen molar-refractivity contribution in [1.29, 1.82) is 0 Å². The Hall–Kier alpha value is -2.70. The molecule has 172 valence electrons. The highest BCUT2D eigenvalue weighted by atomic mass is 35.5. The zero-order valence-electron chi connectivity index (χ0n) is 19.1. The van der Waals surface area contributed by atoms with Crippen molar-refractivity contribution in [3.8, 4) is 11.1 Å². The van der Waals surface area contributed by atoms with Gasteiger partial charge in [-0.15, -0.1) is 0 Å². The second kappa shape index (κ2) is 8.92. The number of halogens is 2. The Bertz CT molecular complexity index is 1290. The summed E-state index contributed by atoms with van der Waals surface area (Å²) in [6, 6.07) is 11.8. The maximum absolute atomic E-state index is 14.0. The van der Waals surface area contributed by atoms with Crippen LogP contribution in [0.3, 0.4) is 0 Å². The van der Waals surface area contributed by atoms with Gasteiger partial charge in [0.1, 0.15) is 17.4 Å². The van der Waals surface area contributed by atoms with Gasteiger partial charge in [-0.1, -0.05) is 35.8 Å². The molecule has 33 heavy (non-hydrogen) atoms. The lowest BCUT2D eigenvalue weighted by atomic mass is 9.99. The van der Waals surface area contributed by atoms with Crippen LogP contribution >= 0.6 is 11.6 Å². The largest absolute Gasteiger partial charge is 0.381 e. The first kappa shape index (κ1) is 22.1. The van der Waals surface area contributed by atoms with Crippen LogP contribution in [-0.4, -0.2) is 27.9 Å². The predicted octanol–water partition coefficient (Wildman–Crippen LogP) is 6.80. The highest BCUT2D eigenvalue weighted by molar-refractivity contribution is 6.30. The summed E-state index contributed by atoms with van der Waals surface area (Å²) in [6.07, 6.45) is 2.58. The van der Waals surface area contributed by atoms with Crippen LogP contribution in [0.1, 0.15) is 54.6 Å². The number of nitrogens with zero attached hydrogens (tertiary/aromatic N) is 3. The molecule has 2 aromatic carbocycles. The van der Waals surface area contributed by atoms with E-state index in [0.29, 0.717) is 12.5 Å². The summed E-state index contributed by atoms with van der Waals surface area (Å²) in [5.74, 6) is 1.53. The first-order chi connectivity index (χ1) is 15.9. The Balaban J connectivity index is 1.58. The third-order valence-corrected chi connectivity index (χ3v) is 6.87. The molecule has 0 saturated carbocycles. The summed E-state index contributed by atoms with van der Waals surface area (Å²) in [7, 11) is 0. The smallest absolute Gasteiger partial charge is 0.142 e. The minimum atomic E-state index is -0.386. The molecule has 0 spiro atoms. The minimum Gasteiger partial charge on any atom is -0.381 e. The Morgan fingerprint density at radius 1 is 1.15 bits per heavy atom. The normalized spacial score (nSPS) is 15.9. The highest BCUT2D eigenvalue weighted by Gasteiger charge is 2.25. The van der Waals surface area contributed by atoms with Crippen molar-refractivity contribution in [2.24, 2.45) is 0 Å². The summed E-state index contributed by atoms with van der Waals surface area (Å²) in [5.41, 5.74) is 5.91. The van der Waals surface area contributed by atoms with Gasteiger partial charge in [0.25, 0.3) is 0 Å². The fourth-order valence-corrected chi connectivity index (χ4v) is 5.07. The molecule has 5 nitrogen and oxygen atoms in total.